The molecule has 4 rings (SSSR count). The van der Waals surface area contributed by atoms with Crippen LogP contribution in [0.4, 0.5) is 5.69 Å². The molecule has 3 aromatic carbocycles. The van der Waals surface area contributed by atoms with Crippen molar-refractivity contribution in [2.24, 2.45) is 0 Å². The summed E-state index contributed by atoms with van der Waals surface area (Å²) in [5.41, 5.74) is 2.27. The minimum Gasteiger partial charge on any atom is -0.495 e. The SMILES string of the molecule is CCOc1ccccc1NC(=O)[C@@H](Sc1nncn1-c1ccccc1OC)c1ccccc1. The molecule has 0 radical (unpaired) electrons. The lowest BCUT2D eigenvalue weighted by atomic mass is 10.1. The predicted octanol–water partition coefficient (Wildman–Crippen LogP) is 5.15. The smallest absolute Gasteiger partial charge is 0.242 e. The number of hydrogen-bond acceptors (Lipinski definition) is 6. The maximum absolute atomic E-state index is 13.5. The summed E-state index contributed by atoms with van der Waals surface area (Å²) in [6, 6.07) is 24.6. The van der Waals surface area contributed by atoms with Crippen molar-refractivity contribution in [2.45, 2.75) is 17.3 Å². The van der Waals surface area contributed by atoms with Crippen molar-refractivity contribution in [2.75, 3.05) is 19.0 Å². The molecule has 7 nitrogen and oxygen atoms in total. The third-order valence-electron chi connectivity index (χ3n) is 4.87. The summed E-state index contributed by atoms with van der Waals surface area (Å²) in [4.78, 5) is 13.5. The van der Waals surface area contributed by atoms with Gasteiger partial charge in [-0.3, -0.25) is 9.36 Å². The molecule has 8 heteroatoms. The molecule has 0 aliphatic heterocycles. The Labute approximate surface area is 196 Å². The van der Waals surface area contributed by atoms with Crippen LogP contribution in [0.1, 0.15) is 17.7 Å². The Morgan fingerprint density at radius 3 is 2.45 bits per heavy atom. The van der Waals surface area contributed by atoms with Crippen LogP contribution in [0.2, 0.25) is 0 Å². The zero-order valence-corrected chi connectivity index (χ0v) is 19.2. The summed E-state index contributed by atoms with van der Waals surface area (Å²) >= 11 is 1.32. The summed E-state index contributed by atoms with van der Waals surface area (Å²) < 4.78 is 13.0. The largest absolute Gasteiger partial charge is 0.495 e. The molecule has 1 aromatic heterocycles. The fourth-order valence-electron chi connectivity index (χ4n) is 3.35. The van der Waals surface area contributed by atoms with Gasteiger partial charge in [0.15, 0.2) is 5.16 Å². The standard InChI is InChI=1S/C25H24N4O3S/c1-3-32-21-15-9-7-13-19(21)27-24(30)23(18-11-5-4-6-12-18)33-25-28-26-17-29(25)20-14-8-10-16-22(20)31-2/h4-17,23H,3H2,1-2H3,(H,27,30)/t23-/m0/s1. The average molecular weight is 461 g/mol. The number of nitrogens with one attached hydrogen (secondary N) is 1. The van der Waals surface area contributed by atoms with E-state index in [2.05, 4.69) is 15.5 Å². The minimum atomic E-state index is -0.571. The highest BCUT2D eigenvalue weighted by Crippen LogP contribution is 2.38. The number of amides is 1. The zero-order valence-electron chi connectivity index (χ0n) is 18.3. The van der Waals surface area contributed by atoms with Gasteiger partial charge in [-0.2, -0.15) is 0 Å². The number of thioether (sulfide) groups is 1. The summed E-state index contributed by atoms with van der Waals surface area (Å²) in [6.45, 7) is 2.41. The molecule has 0 unspecified atom stereocenters. The van der Waals surface area contributed by atoms with Gasteiger partial charge in [-0.25, -0.2) is 0 Å². The van der Waals surface area contributed by atoms with Crippen LogP contribution in [0.3, 0.4) is 0 Å². The Morgan fingerprint density at radius 1 is 1.00 bits per heavy atom. The third kappa shape index (κ3) is 5.18. The summed E-state index contributed by atoms with van der Waals surface area (Å²) in [5, 5.41) is 11.4. The van der Waals surface area contributed by atoms with Crippen molar-refractivity contribution < 1.29 is 14.3 Å². The lowest BCUT2D eigenvalue weighted by molar-refractivity contribution is -0.115. The number of methoxy groups -OCH3 is 1. The van der Waals surface area contributed by atoms with Crippen molar-refractivity contribution in [1.29, 1.82) is 0 Å². The fourth-order valence-corrected chi connectivity index (χ4v) is 4.38. The fraction of sp³-hybridized carbons (Fsp3) is 0.160. The number of ether oxygens (including phenoxy) is 2. The van der Waals surface area contributed by atoms with Crippen LogP contribution in [0.5, 0.6) is 11.5 Å². The number of aromatic nitrogens is 3. The normalized spacial score (nSPS) is 11.6. The Hall–Kier alpha value is -3.78. The van der Waals surface area contributed by atoms with Gasteiger partial charge in [0, 0.05) is 0 Å². The van der Waals surface area contributed by atoms with E-state index in [-0.39, 0.29) is 5.91 Å². The van der Waals surface area contributed by atoms with E-state index in [0.29, 0.717) is 28.9 Å². The first-order valence-electron chi connectivity index (χ1n) is 10.5. The second kappa shape index (κ2) is 10.7. The quantitative estimate of drug-likeness (QED) is 0.348. The number of benzene rings is 3. The van der Waals surface area contributed by atoms with Gasteiger partial charge in [-0.05, 0) is 36.8 Å². The first-order chi connectivity index (χ1) is 16.2. The second-order valence-corrected chi connectivity index (χ2v) is 8.05. The zero-order chi connectivity index (χ0) is 23.0. The van der Waals surface area contributed by atoms with E-state index in [9.17, 15) is 4.79 Å². The van der Waals surface area contributed by atoms with Gasteiger partial charge < -0.3 is 14.8 Å². The number of anilines is 1. The van der Waals surface area contributed by atoms with Crippen molar-refractivity contribution >= 4 is 23.4 Å². The molecule has 0 bridgehead atoms. The Balaban J connectivity index is 1.67. The van der Waals surface area contributed by atoms with E-state index >= 15 is 0 Å². The van der Waals surface area contributed by atoms with E-state index in [0.717, 1.165) is 11.3 Å². The number of nitrogens with zero attached hydrogens (tertiary/aromatic N) is 3. The van der Waals surface area contributed by atoms with Crippen LogP contribution in [0, 0.1) is 0 Å². The van der Waals surface area contributed by atoms with Crippen molar-refractivity contribution in [1.82, 2.24) is 14.8 Å². The molecule has 1 N–H and O–H groups in total. The number of carbonyl (C=O) groups is 1. The molecule has 1 amide bonds. The molecule has 0 fully saturated rings. The van der Waals surface area contributed by atoms with E-state index in [4.69, 9.17) is 9.47 Å². The summed E-state index contributed by atoms with van der Waals surface area (Å²) in [5.74, 6) is 1.13. The van der Waals surface area contributed by atoms with Gasteiger partial charge in [0.25, 0.3) is 0 Å². The van der Waals surface area contributed by atoms with Gasteiger partial charge in [0.1, 0.15) is 23.1 Å². The molecule has 4 aromatic rings. The second-order valence-electron chi connectivity index (χ2n) is 6.98. The molecule has 0 aliphatic carbocycles. The highest BCUT2D eigenvalue weighted by Gasteiger charge is 2.26. The van der Waals surface area contributed by atoms with Gasteiger partial charge in [0.05, 0.1) is 25.1 Å². The van der Waals surface area contributed by atoms with Crippen molar-refractivity contribution in [3.63, 3.8) is 0 Å². The number of carbonyl (C=O) groups excluding carboxylic acids is 1. The molecule has 0 saturated carbocycles. The third-order valence-corrected chi connectivity index (χ3v) is 6.08. The predicted molar refractivity (Wildman–Crippen MR) is 129 cm³/mol. The molecule has 33 heavy (non-hydrogen) atoms. The van der Waals surface area contributed by atoms with Gasteiger partial charge in [-0.15, -0.1) is 10.2 Å². The van der Waals surface area contributed by atoms with Crippen molar-refractivity contribution in [3.05, 3.63) is 90.8 Å². The van der Waals surface area contributed by atoms with Crippen LogP contribution in [0.25, 0.3) is 5.69 Å². The van der Waals surface area contributed by atoms with Crippen molar-refractivity contribution in [3.8, 4) is 17.2 Å². The Bertz CT molecular complexity index is 1210. The van der Waals surface area contributed by atoms with Crippen LogP contribution >= 0.6 is 11.8 Å². The minimum absolute atomic E-state index is 0.187. The summed E-state index contributed by atoms with van der Waals surface area (Å²) in [6.07, 6.45) is 1.62. The lowest BCUT2D eigenvalue weighted by Gasteiger charge is -2.19. The number of hydrogen-bond donors (Lipinski definition) is 1. The summed E-state index contributed by atoms with van der Waals surface area (Å²) in [7, 11) is 1.62. The molecular weight excluding hydrogens is 436 g/mol. The van der Waals surface area contributed by atoms with Crippen LogP contribution < -0.4 is 14.8 Å². The molecule has 1 heterocycles. The van der Waals surface area contributed by atoms with E-state index < -0.39 is 5.25 Å². The first kappa shape index (κ1) is 22.4. The van der Waals surface area contributed by atoms with Gasteiger partial charge in [-0.1, -0.05) is 66.4 Å². The molecule has 1 atom stereocenters. The maximum Gasteiger partial charge on any atom is 0.242 e. The number of rotatable bonds is 9. The molecule has 0 aliphatic rings. The van der Waals surface area contributed by atoms with Crippen LogP contribution in [0.15, 0.2) is 90.3 Å². The highest BCUT2D eigenvalue weighted by atomic mass is 32.2. The average Bonchev–Trinajstić information content (AvgIpc) is 3.32. The van der Waals surface area contributed by atoms with Crippen LogP contribution in [-0.2, 0) is 4.79 Å². The number of para-hydroxylation sites is 4. The van der Waals surface area contributed by atoms with Gasteiger partial charge in [0.2, 0.25) is 5.91 Å². The van der Waals surface area contributed by atoms with E-state index in [1.807, 2.05) is 90.4 Å². The molecule has 0 spiro atoms. The first-order valence-corrected chi connectivity index (χ1v) is 11.4. The monoisotopic (exact) mass is 460 g/mol. The lowest BCUT2D eigenvalue weighted by Crippen LogP contribution is -2.20. The molecule has 0 saturated heterocycles. The topological polar surface area (TPSA) is 78.3 Å². The molecule has 168 valence electrons. The maximum atomic E-state index is 13.5. The van der Waals surface area contributed by atoms with E-state index in [1.54, 1.807) is 13.4 Å². The molecular formula is C25H24N4O3S. The van der Waals surface area contributed by atoms with Crippen LogP contribution in [-0.4, -0.2) is 34.4 Å². The Kier molecular flexibility index (Phi) is 7.26. The highest BCUT2D eigenvalue weighted by molar-refractivity contribution is 8.00. The Morgan fingerprint density at radius 2 is 1.70 bits per heavy atom. The van der Waals surface area contributed by atoms with Gasteiger partial charge >= 0.3 is 0 Å². The van der Waals surface area contributed by atoms with E-state index in [1.165, 1.54) is 11.8 Å².